The van der Waals surface area contributed by atoms with Gasteiger partial charge in [0, 0.05) is 12.5 Å². The lowest BCUT2D eigenvalue weighted by atomic mass is 10.2. The summed E-state index contributed by atoms with van der Waals surface area (Å²) in [5, 5.41) is 8.55. The number of aromatic nitrogens is 3. The molecule has 4 nitrogen and oxygen atoms in total. The predicted octanol–water partition coefficient (Wildman–Crippen LogP) is 1.73. The van der Waals surface area contributed by atoms with Crippen LogP contribution in [0.5, 0.6) is 0 Å². The Balaban J connectivity index is 1.94. The molecule has 1 aromatic heterocycles. The lowest BCUT2D eigenvalue weighted by molar-refractivity contribution is 0.438. The molecule has 15 heavy (non-hydrogen) atoms. The van der Waals surface area contributed by atoms with E-state index in [-0.39, 0.29) is 0 Å². The van der Waals surface area contributed by atoms with Gasteiger partial charge in [0.25, 0.3) is 0 Å². The fourth-order valence-electron chi connectivity index (χ4n) is 2.68. The van der Waals surface area contributed by atoms with E-state index in [1.54, 1.807) is 0 Å². The van der Waals surface area contributed by atoms with Crippen molar-refractivity contribution in [2.45, 2.75) is 57.0 Å². The molecule has 0 unspecified atom stereocenters. The minimum absolute atomic E-state index is 0.540. The van der Waals surface area contributed by atoms with Gasteiger partial charge in [-0.25, -0.2) is 4.68 Å². The highest BCUT2D eigenvalue weighted by Crippen LogP contribution is 2.43. The summed E-state index contributed by atoms with van der Waals surface area (Å²) in [5.74, 6) is 0.708. The van der Waals surface area contributed by atoms with Gasteiger partial charge in [-0.05, 0) is 25.7 Å². The van der Waals surface area contributed by atoms with E-state index < -0.39 is 0 Å². The van der Waals surface area contributed by atoms with Crippen molar-refractivity contribution in [3.05, 3.63) is 11.4 Å². The van der Waals surface area contributed by atoms with E-state index in [1.165, 1.54) is 44.2 Å². The minimum atomic E-state index is 0.540. The third-order valence-electron chi connectivity index (χ3n) is 3.63. The zero-order chi connectivity index (χ0) is 10.3. The molecule has 0 bridgehead atoms. The van der Waals surface area contributed by atoms with Gasteiger partial charge in [0.2, 0.25) is 0 Å². The number of hydrogen-bond donors (Lipinski definition) is 1. The Bertz CT molecular complexity index is 347. The lowest BCUT2D eigenvalue weighted by Gasteiger charge is -2.13. The second kappa shape index (κ2) is 3.59. The molecule has 0 amide bonds. The Kier molecular flexibility index (Phi) is 2.24. The van der Waals surface area contributed by atoms with Crippen LogP contribution in [0.3, 0.4) is 0 Å². The maximum absolute atomic E-state index is 5.71. The van der Waals surface area contributed by atoms with Crippen LogP contribution < -0.4 is 5.73 Å². The van der Waals surface area contributed by atoms with Gasteiger partial charge in [-0.15, -0.1) is 5.10 Å². The number of rotatable bonds is 3. The molecule has 4 heteroatoms. The largest absolute Gasteiger partial charge is 0.325 e. The molecule has 0 radical (unpaired) electrons. The summed E-state index contributed by atoms with van der Waals surface area (Å²) in [7, 11) is 0. The average Bonchev–Trinajstić information content (AvgIpc) is 2.83. The second-order valence-electron chi connectivity index (χ2n) is 4.78. The summed E-state index contributed by atoms with van der Waals surface area (Å²) < 4.78 is 2.19. The molecule has 3 rings (SSSR count). The summed E-state index contributed by atoms with van der Waals surface area (Å²) >= 11 is 0. The number of hydrogen-bond acceptors (Lipinski definition) is 3. The van der Waals surface area contributed by atoms with Crippen molar-refractivity contribution in [2.24, 2.45) is 5.73 Å². The van der Waals surface area contributed by atoms with Crippen LogP contribution in [-0.2, 0) is 6.54 Å². The van der Waals surface area contributed by atoms with Gasteiger partial charge in [0.1, 0.15) is 0 Å². The van der Waals surface area contributed by atoms with Gasteiger partial charge >= 0.3 is 0 Å². The molecule has 2 aliphatic carbocycles. The van der Waals surface area contributed by atoms with Crippen molar-refractivity contribution in [1.82, 2.24) is 15.0 Å². The monoisotopic (exact) mass is 206 g/mol. The van der Waals surface area contributed by atoms with Gasteiger partial charge in [0.05, 0.1) is 17.4 Å². The summed E-state index contributed by atoms with van der Waals surface area (Å²) in [4.78, 5) is 0. The third kappa shape index (κ3) is 1.57. The van der Waals surface area contributed by atoms with Crippen LogP contribution in [0.1, 0.15) is 61.9 Å². The van der Waals surface area contributed by atoms with E-state index >= 15 is 0 Å². The predicted molar refractivity (Wildman–Crippen MR) is 57.4 cm³/mol. The molecule has 0 aromatic carbocycles. The van der Waals surface area contributed by atoms with Crippen LogP contribution in [0.2, 0.25) is 0 Å². The van der Waals surface area contributed by atoms with E-state index in [9.17, 15) is 0 Å². The first kappa shape index (κ1) is 9.33. The van der Waals surface area contributed by atoms with Gasteiger partial charge in [-0.2, -0.15) is 0 Å². The quantitative estimate of drug-likeness (QED) is 0.819. The van der Waals surface area contributed by atoms with E-state index in [4.69, 9.17) is 5.73 Å². The summed E-state index contributed by atoms with van der Waals surface area (Å²) in [6, 6.07) is 0.605. The standard InChI is InChI=1S/C11H18N4/c12-7-10-11(8-5-6-8)15(14-13-10)9-3-1-2-4-9/h8-9H,1-7,12H2. The first-order valence-corrected chi connectivity index (χ1v) is 6.04. The summed E-state index contributed by atoms with van der Waals surface area (Å²) in [6.45, 7) is 0.540. The fraction of sp³-hybridized carbons (Fsp3) is 0.818. The van der Waals surface area contributed by atoms with Crippen molar-refractivity contribution in [1.29, 1.82) is 0 Å². The van der Waals surface area contributed by atoms with Crippen LogP contribution in [0, 0.1) is 0 Å². The van der Waals surface area contributed by atoms with Crippen molar-refractivity contribution < 1.29 is 0 Å². The molecule has 0 aliphatic heterocycles. The molecule has 0 spiro atoms. The smallest absolute Gasteiger partial charge is 0.0997 e. The van der Waals surface area contributed by atoms with Crippen LogP contribution in [-0.4, -0.2) is 15.0 Å². The topological polar surface area (TPSA) is 56.7 Å². The Morgan fingerprint density at radius 2 is 1.93 bits per heavy atom. The first-order chi connectivity index (χ1) is 7.40. The molecule has 2 fully saturated rings. The third-order valence-corrected chi connectivity index (χ3v) is 3.63. The molecule has 2 N–H and O–H groups in total. The van der Waals surface area contributed by atoms with Crippen LogP contribution in [0.25, 0.3) is 0 Å². The lowest BCUT2D eigenvalue weighted by Crippen LogP contribution is -2.11. The molecule has 0 atom stereocenters. The van der Waals surface area contributed by atoms with E-state index in [0.29, 0.717) is 18.5 Å². The summed E-state index contributed by atoms with van der Waals surface area (Å²) in [6.07, 6.45) is 7.82. The Morgan fingerprint density at radius 1 is 1.20 bits per heavy atom. The second-order valence-corrected chi connectivity index (χ2v) is 4.78. The van der Waals surface area contributed by atoms with E-state index in [2.05, 4.69) is 15.0 Å². The number of nitrogens with zero attached hydrogens (tertiary/aromatic N) is 3. The van der Waals surface area contributed by atoms with Crippen LogP contribution in [0.15, 0.2) is 0 Å². The van der Waals surface area contributed by atoms with E-state index in [1.807, 2.05) is 0 Å². The first-order valence-electron chi connectivity index (χ1n) is 6.04. The molecule has 1 aromatic rings. The highest BCUT2D eigenvalue weighted by atomic mass is 15.4. The molecule has 82 valence electrons. The summed E-state index contributed by atoms with van der Waals surface area (Å²) in [5.41, 5.74) is 8.10. The Labute approximate surface area is 89.8 Å². The molecular weight excluding hydrogens is 188 g/mol. The zero-order valence-corrected chi connectivity index (χ0v) is 9.02. The molecular formula is C11H18N4. The van der Waals surface area contributed by atoms with Crippen molar-refractivity contribution >= 4 is 0 Å². The van der Waals surface area contributed by atoms with Gasteiger partial charge in [-0.1, -0.05) is 18.1 Å². The van der Waals surface area contributed by atoms with Gasteiger partial charge in [-0.3, -0.25) is 0 Å². The van der Waals surface area contributed by atoms with Gasteiger partial charge in [0.15, 0.2) is 0 Å². The highest BCUT2D eigenvalue weighted by Gasteiger charge is 2.33. The highest BCUT2D eigenvalue weighted by molar-refractivity contribution is 5.21. The van der Waals surface area contributed by atoms with Crippen molar-refractivity contribution in [2.75, 3.05) is 0 Å². The SMILES string of the molecule is NCc1nnn(C2CCCC2)c1C1CC1. The minimum Gasteiger partial charge on any atom is -0.325 e. The molecule has 2 aliphatic rings. The maximum Gasteiger partial charge on any atom is 0.0997 e. The van der Waals surface area contributed by atoms with Crippen molar-refractivity contribution in [3.8, 4) is 0 Å². The Morgan fingerprint density at radius 3 is 2.53 bits per heavy atom. The Hall–Kier alpha value is -0.900. The molecule has 1 heterocycles. The molecule has 0 saturated heterocycles. The van der Waals surface area contributed by atoms with Crippen LogP contribution in [0.4, 0.5) is 0 Å². The fourth-order valence-corrected chi connectivity index (χ4v) is 2.68. The van der Waals surface area contributed by atoms with Gasteiger partial charge < -0.3 is 5.73 Å². The maximum atomic E-state index is 5.71. The normalized spacial score (nSPS) is 22.5. The van der Waals surface area contributed by atoms with E-state index in [0.717, 1.165) is 5.69 Å². The van der Waals surface area contributed by atoms with Crippen molar-refractivity contribution in [3.63, 3.8) is 0 Å². The number of nitrogens with two attached hydrogens (primary N) is 1. The average molecular weight is 206 g/mol. The zero-order valence-electron chi connectivity index (χ0n) is 9.02. The molecule has 2 saturated carbocycles. The van der Waals surface area contributed by atoms with Crippen LogP contribution >= 0.6 is 0 Å².